The van der Waals surface area contributed by atoms with E-state index in [4.69, 9.17) is 0 Å². The maximum absolute atomic E-state index is 12.5. The number of carbonyl (C=O) groups is 1. The summed E-state index contributed by atoms with van der Waals surface area (Å²) in [5.74, 6) is -0.280. The third kappa shape index (κ3) is 42.7. The smallest absolute Gasteiger partial charge is 0.222 e. The second-order valence-corrected chi connectivity index (χ2v) is 17.8. The van der Waals surface area contributed by atoms with Crippen LogP contribution in [0.5, 0.6) is 0 Å². The molecule has 1 amide bonds. The molecule has 0 radical (unpaired) electrons. The molecule has 0 saturated carbocycles. The van der Waals surface area contributed by atoms with Crippen molar-refractivity contribution >= 4 is 5.91 Å². The fourth-order valence-corrected chi connectivity index (χ4v) is 8.17. The molecule has 4 N–H and O–H groups in total. The molecule has 0 heterocycles. The largest absolute Gasteiger partial charge is 0.394 e. The molecule has 0 fully saturated rings. The van der Waals surface area contributed by atoms with Gasteiger partial charge in [0, 0.05) is 0 Å². The number of rotatable bonds is 47. The number of hydrogen-bond donors (Lipinski definition) is 4. The zero-order chi connectivity index (χ0) is 40.8. The van der Waals surface area contributed by atoms with Gasteiger partial charge in [-0.2, -0.15) is 0 Å². The quantitative estimate of drug-likeness (QED) is 0.0365. The molecule has 56 heavy (non-hydrogen) atoms. The summed E-state index contributed by atoms with van der Waals surface area (Å²) in [7, 11) is 0. The molecule has 0 aromatic carbocycles. The van der Waals surface area contributed by atoms with E-state index in [-0.39, 0.29) is 18.9 Å². The first-order chi connectivity index (χ1) is 27.5. The van der Waals surface area contributed by atoms with Crippen molar-refractivity contribution in [2.45, 2.75) is 302 Å². The van der Waals surface area contributed by atoms with Gasteiger partial charge in [-0.25, -0.2) is 0 Å². The molecule has 5 heteroatoms. The van der Waals surface area contributed by atoms with Crippen LogP contribution in [0.2, 0.25) is 0 Å². The van der Waals surface area contributed by atoms with Crippen LogP contribution in [0, 0.1) is 0 Å². The lowest BCUT2D eigenvalue weighted by Crippen LogP contribution is -2.46. The number of nitrogens with one attached hydrogen (secondary N) is 1. The van der Waals surface area contributed by atoms with Gasteiger partial charge in [-0.3, -0.25) is 4.79 Å². The first-order valence-corrected chi connectivity index (χ1v) is 25.5. The van der Waals surface area contributed by atoms with Crippen molar-refractivity contribution in [1.29, 1.82) is 0 Å². The monoisotopic (exact) mass is 792 g/mol. The minimum Gasteiger partial charge on any atom is -0.394 e. The van der Waals surface area contributed by atoms with E-state index < -0.39 is 18.2 Å². The van der Waals surface area contributed by atoms with Gasteiger partial charge in [0.1, 0.15) is 0 Å². The number of aliphatic hydroxyl groups excluding tert-OH is 3. The lowest BCUT2D eigenvalue weighted by molar-refractivity contribution is -0.125. The molecule has 334 valence electrons. The van der Waals surface area contributed by atoms with Gasteiger partial charge in [0.2, 0.25) is 5.91 Å². The highest BCUT2D eigenvalue weighted by molar-refractivity contribution is 5.76. The first-order valence-electron chi connectivity index (χ1n) is 25.5. The summed E-state index contributed by atoms with van der Waals surface area (Å²) in [5.41, 5.74) is 0. The molecule has 0 aromatic rings. The highest BCUT2D eigenvalue weighted by Crippen LogP contribution is 2.17. The molecule has 0 aromatic heterocycles. The maximum Gasteiger partial charge on any atom is 0.222 e. The summed E-state index contributed by atoms with van der Waals surface area (Å²) in [5, 5.41) is 33.5. The molecular weight excluding hydrogens is 691 g/mol. The summed E-state index contributed by atoms with van der Waals surface area (Å²) < 4.78 is 0. The zero-order valence-electron chi connectivity index (χ0n) is 38.0. The Morgan fingerprint density at radius 3 is 1.04 bits per heavy atom. The second-order valence-electron chi connectivity index (χ2n) is 17.8. The van der Waals surface area contributed by atoms with Gasteiger partial charge in [0.15, 0.2) is 0 Å². The van der Waals surface area contributed by atoms with Crippen LogP contribution in [0.1, 0.15) is 284 Å². The van der Waals surface area contributed by atoms with Crippen LogP contribution in [0.4, 0.5) is 0 Å². The van der Waals surface area contributed by atoms with Crippen LogP contribution >= 0.6 is 0 Å². The summed E-state index contributed by atoms with van der Waals surface area (Å²) >= 11 is 0. The average molecular weight is 792 g/mol. The molecule has 3 atom stereocenters. The van der Waals surface area contributed by atoms with E-state index in [0.29, 0.717) is 12.8 Å². The number of aliphatic hydroxyl groups is 3. The van der Waals surface area contributed by atoms with Crippen molar-refractivity contribution in [2.24, 2.45) is 0 Å². The standard InChI is InChI=1S/C51H101NO4/c1-3-5-7-9-11-13-15-17-19-21-22-23-24-25-26-27-29-30-32-34-36-38-40-42-44-48(54)46-51(56)52-49(47-53)50(55)45-43-41-39-37-35-33-31-28-20-18-16-14-12-10-8-6-4-2/h25-26,48-50,53-55H,3-24,27-47H2,1-2H3,(H,52,56)/b26-25-. The SMILES string of the molecule is CCCCCCCCCCCCCC/C=C\CCCCCCCCCCC(O)CC(=O)NC(CO)C(O)CCCCCCCCCCCCCCCCCCC. The van der Waals surface area contributed by atoms with Gasteiger partial charge in [-0.15, -0.1) is 0 Å². The molecular formula is C51H101NO4. The fourth-order valence-electron chi connectivity index (χ4n) is 8.17. The zero-order valence-corrected chi connectivity index (χ0v) is 38.0. The van der Waals surface area contributed by atoms with E-state index in [9.17, 15) is 20.1 Å². The molecule has 0 aliphatic carbocycles. The Morgan fingerprint density at radius 2 is 0.714 bits per heavy atom. The van der Waals surface area contributed by atoms with Crippen LogP contribution < -0.4 is 5.32 Å². The maximum atomic E-state index is 12.5. The lowest BCUT2D eigenvalue weighted by atomic mass is 10.0. The third-order valence-electron chi connectivity index (χ3n) is 12.1. The van der Waals surface area contributed by atoms with Gasteiger partial charge >= 0.3 is 0 Å². The van der Waals surface area contributed by atoms with E-state index in [1.54, 1.807) is 0 Å². The molecule has 0 aliphatic rings. The third-order valence-corrected chi connectivity index (χ3v) is 12.1. The molecule has 0 aliphatic heterocycles. The van der Waals surface area contributed by atoms with Crippen LogP contribution in [-0.4, -0.2) is 46.1 Å². The Kier molecular flexibility index (Phi) is 46.0. The highest BCUT2D eigenvalue weighted by atomic mass is 16.3. The highest BCUT2D eigenvalue weighted by Gasteiger charge is 2.21. The van der Waals surface area contributed by atoms with Crippen LogP contribution in [0.25, 0.3) is 0 Å². The van der Waals surface area contributed by atoms with Crippen LogP contribution in [0.3, 0.4) is 0 Å². The number of amides is 1. The van der Waals surface area contributed by atoms with Gasteiger partial charge in [-0.05, 0) is 38.5 Å². The molecule has 3 unspecified atom stereocenters. The first kappa shape index (κ1) is 55.1. The van der Waals surface area contributed by atoms with Crippen molar-refractivity contribution in [3.63, 3.8) is 0 Å². The summed E-state index contributed by atoms with van der Waals surface area (Å²) in [6.45, 7) is 4.29. The minimum atomic E-state index is -0.747. The average Bonchev–Trinajstić information content (AvgIpc) is 3.19. The Labute approximate surface area is 350 Å². The predicted octanol–water partition coefficient (Wildman–Crippen LogP) is 15.2. The number of hydrogen-bond acceptors (Lipinski definition) is 4. The van der Waals surface area contributed by atoms with E-state index in [1.807, 2.05) is 0 Å². The Balaban J connectivity index is 3.55. The molecule has 0 rings (SSSR count). The minimum absolute atomic E-state index is 0.0378. The Morgan fingerprint density at radius 1 is 0.429 bits per heavy atom. The van der Waals surface area contributed by atoms with Gasteiger partial charge in [-0.1, -0.05) is 251 Å². The second kappa shape index (κ2) is 46.8. The molecule has 0 spiro atoms. The van der Waals surface area contributed by atoms with Crippen LogP contribution in [-0.2, 0) is 4.79 Å². The number of allylic oxidation sites excluding steroid dienone is 2. The van der Waals surface area contributed by atoms with Gasteiger partial charge < -0.3 is 20.6 Å². The summed E-state index contributed by atoms with van der Waals surface area (Å²) in [4.78, 5) is 12.5. The van der Waals surface area contributed by atoms with Crippen molar-refractivity contribution in [3.8, 4) is 0 Å². The molecule has 0 bridgehead atoms. The lowest BCUT2D eigenvalue weighted by Gasteiger charge is -2.23. The van der Waals surface area contributed by atoms with Crippen LogP contribution in [0.15, 0.2) is 12.2 Å². The Bertz CT molecular complexity index is 788. The van der Waals surface area contributed by atoms with Gasteiger partial charge in [0.25, 0.3) is 0 Å². The van der Waals surface area contributed by atoms with E-state index >= 15 is 0 Å². The van der Waals surface area contributed by atoms with E-state index in [0.717, 1.165) is 25.7 Å². The fraction of sp³-hybridized carbons (Fsp3) is 0.941. The predicted molar refractivity (Wildman–Crippen MR) is 245 cm³/mol. The normalized spacial score (nSPS) is 13.4. The van der Waals surface area contributed by atoms with Crippen molar-refractivity contribution in [3.05, 3.63) is 12.2 Å². The summed E-state index contributed by atoms with van der Waals surface area (Å²) in [6.07, 6.45) is 56.3. The van der Waals surface area contributed by atoms with Crippen molar-refractivity contribution in [2.75, 3.05) is 6.61 Å². The Hall–Kier alpha value is -0.910. The topological polar surface area (TPSA) is 89.8 Å². The van der Waals surface area contributed by atoms with E-state index in [1.165, 1.54) is 225 Å². The van der Waals surface area contributed by atoms with E-state index in [2.05, 4.69) is 31.3 Å². The summed E-state index contributed by atoms with van der Waals surface area (Å²) in [6, 6.07) is -0.657. The molecule has 5 nitrogen and oxygen atoms in total. The molecule has 0 saturated heterocycles. The van der Waals surface area contributed by atoms with Crippen molar-refractivity contribution in [1.82, 2.24) is 5.32 Å². The van der Waals surface area contributed by atoms with Gasteiger partial charge in [0.05, 0.1) is 31.3 Å². The number of unbranched alkanes of at least 4 members (excludes halogenated alkanes) is 36. The van der Waals surface area contributed by atoms with Crippen molar-refractivity contribution < 1.29 is 20.1 Å². The number of carbonyl (C=O) groups excluding carboxylic acids is 1.